The Kier molecular flexibility index (Phi) is 3.94. The summed E-state index contributed by atoms with van der Waals surface area (Å²) in [6, 6.07) is 5.30. The number of carbonyl (C=O) groups excluding carboxylic acids is 1. The van der Waals surface area contributed by atoms with Crippen LogP contribution in [0.1, 0.15) is 30.6 Å². The number of hydrogen-bond donors (Lipinski definition) is 2. The van der Waals surface area contributed by atoms with Crippen molar-refractivity contribution in [3.05, 3.63) is 36.2 Å². The molecule has 104 valence electrons. The maximum absolute atomic E-state index is 12.4. The number of amides is 1. The predicted molar refractivity (Wildman–Crippen MR) is 82.5 cm³/mol. The molecule has 0 fully saturated rings. The summed E-state index contributed by atoms with van der Waals surface area (Å²) in [7, 11) is 0. The van der Waals surface area contributed by atoms with Gasteiger partial charge in [-0.1, -0.05) is 25.2 Å². The van der Waals surface area contributed by atoms with Gasteiger partial charge in [-0.2, -0.15) is 0 Å². The highest BCUT2D eigenvalue weighted by Gasteiger charge is 2.28. The fourth-order valence-corrected chi connectivity index (χ4v) is 2.01. The molecule has 1 atom stereocenters. The van der Waals surface area contributed by atoms with E-state index in [-0.39, 0.29) is 10.9 Å². The lowest BCUT2D eigenvalue weighted by molar-refractivity contribution is 0.0928. The number of para-hydroxylation sites is 1. The molecule has 2 aromatic rings. The largest absolute Gasteiger partial charge is 0.391 e. The van der Waals surface area contributed by atoms with Crippen molar-refractivity contribution in [2.75, 3.05) is 0 Å². The average Bonchev–Trinajstić information content (AvgIpc) is 2.46. The van der Waals surface area contributed by atoms with Gasteiger partial charge >= 0.3 is 0 Å². The first-order valence-corrected chi connectivity index (χ1v) is 6.71. The second-order valence-electron chi connectivity index (χ2n) is 4.73. The summed E-state index contributed by atoms with van der Waals surface area (Å²) >= 11 is 5.03. The Hall–Kier alpha value is -2.08. The van der Waals surface area contributed by atoms with Gasteiger partial charge in [0.1, 0.15) is 5.52 Å². The summed E-state index contributed by atoms with van der Waals surface area (Å²) in [6.45, 7) is 3.73. The molecule has 3 N–H and O–H groups in total. The SMILES string of the molecule is CCC(C)(NC(=O)c1cccc2nccnc12)C(N)=S. The van der Waals surface area contributed by atoms with Gasteiger partial charge in [-0.15, -0.1) is 0 Å². The number of carbonyl (C=O) groups is 1. The quantitative estimate of drug-likeness (QED) is 0.839. The van der Waals surface area contributed by atoms with Crippen LogP contribution in [-0.4, -0.2) is 26.4 Å². The minimum atomic E-state index is -0.712. The molecule has 1 amide bonds. The lowest BCUT2D eigenvalue weighted by Crippen LogP contribution is -2.54. The molecule has 20 heavy (non-hydrogen) atoms. The molecule has 5 nitrogen and oxygen atoms in total. The predicted octanol–water partition coefficient (Wildman–Crippen LogP) is 1.81. The van der Waals surface area contributed by atoms with Crippen molar-refractivity contribution in [2.24, 2.45) is 5.73 Å². The van der Waals surface area contributed by atoms with Crippen LogP contribution in [0.3, 0.4) is 0 Å². The number of hydrogen-bond acceptors (Lipinski definition) is 4. The van der Waals surface area contributed by atoms with Crippen LogP contribution in [-0.2, 0) is 0 Å². The molecule has 1 aromatic heterocycles. The molecular formula is C14H16N4OS. The van der Waals surface area contributed by atoms with Crippen LogP contribution in [0.5, 0.6) is 0 Å². The number of nitrogens with zero attached hydrogens (tertiary/aromatic N) is 2. The number of nitrogens with one attached hydrogen (secondary N) is 1. The van der Waals surface area contributed by atoms with Gasteiger partial charge in [0, 0.05) is 12.4 Å². The van der Waals surface area contributed by atoms with Gasteiger partial charge in [0.25, 0.3) is 5.91 Å². The molecule has 0 saturated carbocycles. The van der Waals surface area contributed by atoms with Crippen LogP contribution in [0.4, 0.5) is 0 Å². The minimum Gasteiger partial charge on any atom is -0.391 e. The third kappa shape index (κ3) is 2.60. The summed E-state index contributed by atoms with van der Waals surface area (Å²) in [6.07, 6.45) is 3.77. The number of fused-ring (bicyclic) bond motifs is 1. The molecule has 6 heteroatoms. The molecule has 0 aliphatic rings. The van der Waals surface area contributed by atoms with Crippen LogP contribution < -0.4 is 11.1 Å². The highest BCUT2D eigenvalue weighted by Crippen LogP contribution is 2.16. The second kappa shape index (κ2) is 5.50. The van der Waals surface area contributed by atoms with E-state index in [9.17, 15) is 4.79 Å². The summed E-state index contributed by atoms with van der Waals surface area (Å²) in [5.74, 6) is -0.256. The first kappa shape index (κ1) is 14.3. The topological polar surface area (TPSA) is 80.9 Å². The lowest BCUT2D eigenvalue weighted by Gasteiger charge is -2.28. The number of nitrogens with two attached hydrogens (primary N) is 1. The van der Waals surface area contributed by atoms with Crippen LogP contribution in [0.25, 0.3) is 11.0 Å². The second-order valence-corrected chi connectivity index (χ2v) is 5.17. The maximum Gasteiger partial charge on any atom is 0.254 e. The Balaban J connectivity index is 2.40. The van der Waals surface area contributed by atoms with Crippen molar-refractivity contribution in [3.8, 4) is 0 Å². The van der Waals surface area contributed by atoms with E-state index in [1.165, 1.54) is 0 Å². The average molecular weight is 288 g/mol. The van der Waals surface area contributed by atoms with E-state index in [1.54, 1.807) is 24.5 Å². The van der Waals surface area contributed by atoms with E-state index < -0.39 is 5.54 Å². The zero-order chi connectivity index (χ0) is 14.8. The highest BCUT2D eigenvalue weighted by molar-refractivity contribution is 7.80. The first-order valence-electron chi connectivity index (χ1n) is 6.30. The van der Waals surface area contributed by atoms with Gasteiger partial charge in [0.15, 0.2) is 0 Å². The van der Waals surface area contributed by atoms with E-state index in [1.807, 2.05) is 19.9 Å². The van der Waals surface area contributed by atoms with Gasteiger partial charge in [0.2, 0.25) is 0 Å². The number of rotatable bonds is 4. The van der Waals surface area contributed by atoms with Crippen LogP contribution in [0, 0.1) is 0 Å². The standard InChI is InChI=1S/C14H16N4OS/c1-3-14(2,13(15)20)18-12(19)9-5-4-6-10-11(9)17-8-7-16-10/h4-8H,3H2,1-2H3,(H2,15,20)(H,18,19). The fraction of sp³-hybridized carbons (Fsp3) is 0.286. The number of thiocarbonyl (C=S) groups is 1. The van der Waals surface area contributed by atoms with Crippen LogP contribution in [0.15, 0.2) is 30.6 Å². The normalized spacial score (nSPS) is 13.7. The van der Waals surface area contributed by atoms with Gasteiger partial charge in [0.05, 0.1) is 21.6 Å². The third-order valence-electron chi connectivity index (χ3n) is 3.38. The summed E-state index contributed by atoms with van der Waals surface area (Å²) in [5.41, 5.74) is 6.70. The molecule has 0 bridgehead atoms. The molecule has 1 unspecified atom stereocenters. The smallest absolute Gasteiger partial charge is 0.254 e. The summed E-state index contributed by atoms with van der Waals surface area (Å²) < 4.78 is 0. The van der Waals surface area contributed by atoms with Crippen molar-refractivity contribution < 1.29 is 4.79 Å². The fourth-order valence-electron chi connectivity index (χ4n) is 1.82. The maximum atomic E-state index is 12.4. The van der Waals surface area contributed by atoms with E-state index in [4.69, 9.17) is 18.0 Å². The third-order valence-corrected chi connectivity index (χ3v) is 3.83. The molecule has 1 aromatic carbocycles. The monoisotopic (exact) mass is 288 g/mol. The molecule has 0 aliphatic carbocycles. The number of benzene rings is 1. The van der Waals surface area contributed by atoms with Gasteiger partial charge in [-0.25, -0.2) is 0 Å². The van der Waals surface area contributed by atoms with E-state index in [2.05, 4.69) is 15.3 Å². The molecule has 2 rings (SSSR count). The Bertz CT molecular complexity index is 668. The Morgan fingerprint density at radius 1 is 1.40 bits per heavy atom. The molecule has 1 heterocycles. The zero-order valence-electron chi connectivity index (χ0n) is 11.4. The summed E-state index contributed by atoms with van der Waals surface area (Å²) in [5, 5.41) is 2.88. The zero-order valence-corrected chi connectivity index (χ0v) is 12.2. The Labute approximate surface area is 122 Å². The van der Waals surface area contributed by atoms with Gasteiger partial charge in [-0.3, -0.25) is 14.8 Å². The van der Waals surface area contributed by atoms with Gasteiger partial charge < -0.3 is 11.1 Å². The molecule has 0 aliphatic heterocycles. The lowest BCUT2D eigenvalue weighted by atomic mass is 9.98. The first-order chi connectivity index (χ1) is 9.48. The van der Waals surface area contributed by atoms with Crippen molar-refractivity contribution >= 4 is 34.1 Å². The van der Waals surface area contributed by atoms with Crippen molar-refractivity contribution in [3.63, 3.8) is 0 Å². The number of aromatic nitrogens is 2. The molecule has 0 spiro atoms. The van der Waals surface area contributed by atoms with Crippen molar-refractivity contribution in [2.45, 2.75) is 25.8 Å². The Morgan fingerprint density at radius 3 is 2.75 bits per heavy atom. The molecular weight excluding hydrogens is 272 g/mol. The van der Waals surface area contributed by atoms with E-state index >= 15 is 0 Å². The van der Waals surface area contributed by atoms with Crippen LogP contribution in [0.2, 0.25) is 0 Å². The van der Waals surface area contributed by atoms with E-state index in [0.717, 1.165) is 0 Å². The van der Waals surface area contributed by atoms with Crippen molar-refractivity contribution in [1.29, 1.82) is 0 Å². The minimum absolute atomic E-state index is 0.256. The highest BCUT2D eigenvalue weighted by atomic mass is 32.1. The van der Waals surface area contributed by atoms with Crippen molar-refractivity contribution in [1.82, 2.24) is 15.3 Å². The molecule has 0 saturated heterocycles. The Morgan fingerprint density at radius 2 is 2.10 bits per heavy atom. The van der Waals surface area contributed by atoms with Crippen LogP contribution >= 0.6 is 12.2 Å². The molecule has 0 radical (unpaired) electrons. The van der Waals surface area contributed by atoms with Gasteiger partial charge in [-0.05, 0) is 25.5 Å². The van der Waals surface area contributed by atoms with E-state index in [0.29, 0.717) is 23.0 Å². The summed E-state index contributed by atoms with van der Waals surface area (Å²) in [4.78, 5) is 21.1.